The van der Waals surface area contributed by atoms with E-state index in [-0.39, 0.29) is 5.41 Å². The normalized spacial score (nSPS) is 13.9. The molecule has 0 radical (unpaired) electrons. The monoisotopic (exact) mass is 229 g/mol. The maximum Gasteiger partial charge on any atom is 0.0683 e. The summed E-state index contributed by atoms with van der Waals surface area (Å²) in [5.74, 6) is 2.11. The Morgan fingerprint density at radius 2 is 1.93 bits per heavy atom. The van der Waals surface area contributed by atoms with Gasteiger partial charge in [-0.05, 0) is 32.6 Å². The van der Waals surface area contributed by atoms with Gasteiger partial charge in [-0.3, -0.25) is 4.21 Å². The van der Waals surface area contributed by atoms with Crippen molar-refractivity contribution < 1.29 is 4.21 Å². The molecule has 88 valence electrons. The van der Waals surface area contributed by atoms with E-state index in [4.69, 9.17) is 5.26 Å². The summed E-state index contributed by atoms with van der Waals surface area (Å²) in [7, 11) is -0.663. The lowest BCUT2D eigenvalue weighted by Crippen LogP contribution is -2.10. The fraction of sp³-hybridized carbons (Fsp3) is 0.917. The van der Waals surface area contributed by atoms with E-state index in [0.717, 1.165) is 30.8 Å². The first kappa shape index (κ1) is 14.6. The standard InChI is InChI=1S/C12H23NOS/c1-11(2)9-15(14)8-6-5-7-12(3,4)10-13/h11H,5-9H2,1-4H3. The smallest absolute Gasteiger partial charge is 0.0683 e. The van der Waals surface area contributed by atoms with Gasteiger partial charge in [-0.2, -0.15) is 5.26 Å². The molecule has 0 aliphatic heterocycles. The van der Waals surface area contributed by atoms with Gasteiger partial charge in [0.2, 0.25) is 0 Å². The van der Waals surface area contributed by atoms with Crippen molar-refractivity contribution in [3.05, 3.63) is 0 Å². The van der Waals surface area contributed by atoms with Crippen LogP contribution >= 0.6 is 0 Å². The lowest BCUT2D eigenvalue weighted by atomic mass is 9.89. The number of hydrogen-bond donors (Lipinski definition) is 0. The summed E-state index contributed by atoms with van der Waals surface area (Å²) in [5, 5.41) is 8.81. The van der Waals surface area contributed by atoms with Crippen LogP contribution in [0.3, 0.4) is 0 Å². The minimum atomic E-state index is -0.663. The minimum Gasteiger partial charge on any atom is -0.260 e. The number of nitrogens with zero attached hydrogens (tertiary/aromatic N) is 1. The maximum atomic E-state index is 11.5. The predicted molar refractivity (Wildman–Crippen MR) is 66.0 cm³/mol. The van der Waals surface area contributed by atoms with Crippen molar-refractivity contribution >= 4 is 10.8 Å². The molecule has 0 aliphatic carbocycles. The van der Waals surface area contributed by atoms with Crippen LogP contribution in [0, 0.1) is 22.7 Å². The summed E-state index contributed by atoms with van der Waals surface area (Å²) in [6.45, 7) is 8.10. The van der Waals surface area contributed by atoms with Crippen LogP contribution in [-0.2, 0) is 10.8 Å². The van der Waals surface area contributed by atoms with Gasteiger partial charge in [-0.15, -0.1) is 0 Å². The summed E-state index contributed by atoms with van der Waals surface area (Å²) in [4.78, 5) is 0. The molecule has 0 aromatic rings. The molecule has 0 N–H and O–H groups in total. The minimum absolute atomic E-state index is 0.223. The second-order valence-corrected chi connectivity index (χ2v) is 6.78. The van der Waals surface area contributed by atoms with Gasteiger partial charge in [-0.1, -0.05) is 20.3 Å². The first-order valence-electron chi connectivity index (χ1n) is 5.63. The summed E-state index contributed by atoms with van der Waals surface area (Å²) in [5.41, 5.74) is -0.223. The molecule has 0 saturated carbocycles. The highest BCUT2D eigenvalue weighted by atomic mass is 32.2. The Morgan fingerprint density at radius 3 is 2.40 bits per heavy atom. The number of nitriles is 1. The van der Waals surface area contributed by atoms with Crippen LogP contribution in [0.5, 0.6) is 0 Å². The molecule has 15 heavy (non-hydrogen) atoms. The molecule has 1 atom stereocenters. The molecular formula is C12H23NOS. The molecule has 0 amide bonds. The highest BCUT2D eigenvalue weighted by molar-refractivity contribution is 7.84. The Morgan fingerprint density at radius 1 is 1.33 bits per heavy atom. The third-order valence-electron chi connectivity index (χ3n) is 2.25. The number of unbranched alkanes of at least 4 members (excludes halogenated alkanes) is 1. The van der Waals surface area contributed by atoms with Gasteiger partial charge < -0.3 is 0 Å². The third kappa shape index (κ3) is 8.62. The molecule has 0 rings (SSSR count). The van der Waals surface area contributed by atoms with Crippen molar-refractivity contribution in [3.8, 4) is 6.07 Å². The van der Waals surface area contributed by atoms with Gasteiger partial charge >= 0.3 is 0 Å². The largest absolute Gasteiger partial charge is 0.260 e. The van der Waals surface area contributed by atoms with Crippen molar-refractivity contribution in [2.45, 2.75) is 47.0 Å². The Bertz CT molecular complexity index is 240. The van der Waals surface area contributed by atoms with Crippen LogP contribution in [0.4, 0.5) is 0 Å². The van der Waals surface area contributed by atoms with E-state index >= 15 is 0 Å². The van der Waals surface area contributed by atoms with Gasteiger partial charge in [-0.25, -0.2) is 0 Å². The molecule has 0 fully saturated rings. The number of hydrogen-bond acceptors (Lipinski definition) is 2. The highest BCUT2D eigenvalue weighted by Crippen LogP contribution is 2.21. The molecule has 0 bridgehead atoms. The van der Waals surface area contributed by atoms with Crippen LogP contribution < -0.4 is 0 Å². The van der Waals surface area contributed by atoms with E-state index < -0.39 is 10.8 Å². The van der Waals surface area contributed by atoms with E-state index in [1.165, 1.54) is 0 Å². The summed E-state index contributed by atoms with van der Waals surface area (Å²) >= 11 is 0. The second kappa shape index (κ2) is 7.00. The average molecular weight is 229 g/mol. The van der Waals surface area contributed by atoms with E-state index in [9.17, 15) is 4.21 Å². The lowest BCUT2D eigenvalue weighted by Gasteiger charge is -2.14. The first-order chi connectivity index (χ1) is 6.87. The quantitative estimate of drug-likeness (QED) is 0.629. The zero-order valence-corrected chi connectivity index (χ0v) is 11.2. The SMILES string of the molecule is CC(C)CS(=O)CCCCC(C)(C)C#N. The van der Waals surface area contributed by atoms with Gasteiger partial charge in [0.05, 0.1) is 11.5 Å². The molecule has 2 nitrogen and oxygen atoms in total. The second-order valence-electron chi connectivity index (χ2n) is 5.16. The van der Waals surface area contributed by atoms with Crippen LogP contribution in [0.1, 0.15) is 47.0 Å². The average Bonchev–Trinajstić information content (AvgIpc) is 2.11. The number of rotatable bonds is 7. The molecule has 0 spiro atoms. The molecule has 0 heterocycles. The molecular weight excluding hydrogens is 206 g/mol. The van der Waals surface area contributed by atoms with Crippen molar-refractivity contribution in [2.24, 2.45) is 11.3 Å². The summed E-state index contributed by atoms with van der Waals surface area (Å²) < 4.78 is 11.5. The topological polar surface area (TPSA) is 40.9 Å². The van der Waals surface area contributed by atoms with E-state index in [0.29, 0.717) is 5.92 Å². The maximum absolute atomic E-state index is 11.5. The third-order valence-corrected chi connectivity index (χ3v) is 4.03. The molecule has 0 saturated heterocycles. The Balaban J connectivity index is 3.56. The van der Waals surface area contributed by atoms with E-state index in [2.05, 4.69) is 19.9 Å². The predicted octanol–water partition coefficient (Wildman–Crippen LogP) is 3.11. The van der Waals surface area contributed by atoms with Gasteiger partial charge in [0.15, 0.2) is 0 Å². The first-order valence-corrected chi connectivity index (χ1v) is 7.12. The zero-order valence-electron chi connectivity index (χ0n) is 10.4. The van der Waals surface area contributed by atoms with Gasteiger partial charge in [0, 0.05) is 22.3 Å². The molecule has 0 aromatic carbocycles. The summed E-state index contributed by atoms with van der Waals surface area (Å²) in [6, 6.07) is 2.29. The fourth-order valence-electron chi connectivity index (χ4n) is 1.34. The van der Waals surface area contributed by atoms with Crippen LogP contribution in [0.2, 0.25) is 0 Å². The Hall–Kier alpha value is -0.360. The van der Waals surface area contributed by atoms with Crippen molar-refractivity contribution in [1.29, 1.82) is 5.26 Å². The van der Waals surface area contributed by atoms with Gasteiger partial charge in [0.1, 0.15) is 0 Å². The van der Waals surface area contributed by atoms with Crippen molar-refractivity contribution in [1.82, 2.24) is 0 Å². The van der Waals surface area contributed by atoms with Crippen LogP contribution in [-0.4, -0.2) is 15.7 Å². The van der Waals surface area contributed by atoms with E-state index in [1.807, 2.05) is 13.8 Å². The molecule has 0 aliphatic rings. The molecule has 0 aromatic heterocycles. The summed E-state index contributed by atoms with van der Waals surface area (Å²) in [6.07, 6.45) is 2.89. The zero-order chi connectivity index (χ0) is 11.9. The Labute approximate surface area is 96.5 Å². The van der Waals surface area contributed by atoms with Crippen LogP contribution in [0.25, 0.3) is 0 Å². The van der Waals surface area contributed by atoms with Gasteiger partial charge in [0.25, 0.3) is 0 Å². The fourth-order valence-corrected chi connectivity index (χ4v) is 2.78. The highest BCUT2D eigenvalue weighted by Gasteiger charge is 2.15. The van der Waals surface area contributed by atoms with Crippen molar-refractivity contribution in [2.75, 3.05) is 11.5 Å². The van der Waals surface area contributed by atoms with Crippen molar-refractivity contribution in [3.63, 3.8) is 0 Å². The van der Waals surface area contributed by atoms with Crippen LogP contribution in [0.15, 0.2) is 0 Å². The molecule has 3 heteroatoms. The van der Waals surface area contributed by atoms with E-state index in [1.54, 1.807) is 0 Å². The Kier molecular flexibility index (Phi) is 6.84. The molecule has 1 unspecified atom stereocenters. The lowest BCUT2D eigenvalue weighted by molar-refractivity contribution is 0.432.